The number of nitrogens with zero attached hydrogens (tertiary/aromatic N) is 2. The zero-order chi connectivity index (χ0) is 17.0. The van der Waals surface area contributed by atoms with Crippen LogP contribution in [-0.4, -0.2) is 41.9 Å². The molecule has 0 unspecified atom stereocenters. The first-order valence-corrected chi connectivity index (χ1v) is 8.38. The van der Waals surface area contributed by atoms with Crippen molar-refractivity contribution in [2.45, 2.75) is 39.3 Å². The minimum Gasteiger partial charge on any atom is -0.339 e. The molecule has 1 aliphatic heterocycles. The molecule has 0 radical (unpaired) electrons. The van der Waals surface area contributed by atoms with Gasteiger partial charge in [0.2, 0.25) is 5.91 Å². The highest BCUT2D eigenvalue weighted by Crippen LogP contribution is 2.24. The maximum atomic E-state index is 13.4. The third kappa shape index (κ3) is 4.55. The first-order valence-electron chi connectivity index (χ1n) is 8.01. The average molecular weight is 339 g/mol. The lowest BCUT2D eigenvalue weighted by Gasteiger charge is -2.35. The van der Waals surface area contributed by atoms with E-state index in [2.05, 4.69) is 17.9 Å². The van der Waals surface area contributed by atoms with Crippen molar-refractivity contribution in [1.82, 2.24) is 9.80 Å². The van der Waals surface area contributed by atoms with Gasteiger partial charge in [0.1, 0.15) is 5.82 Å². The average Bonchev–Trinajstić information content (AvgIpc) is 2.52. The highest BCUT2D eigenvalue weighted by Gasteiger charge is 2.24. The largest absolute Gasteiger partial charge is 0.339 e. The van der Waals surface area contributed by atoms with E-state index in [1.54, 1.807) is 17.9 Å². The summed E-state index contributed by atoms with van der Waals surface area (Å²) in [5, 5.41) is 0.593. The Balaban J connectivity index is 2.09. The summed E-state index contributed by atoms with van der Waals surface area (Å²) in [7, 11) is 1.85. The van der Waals surface area contributed by atoms with Gasteiger partial charge >= 0.3 is 0 Å². The molecule has 0 saturated carbocycles. The van der Waals surface area contributed by atoms with Crippen LogP contribution < -0.4 is 0 Å². The zero-order valence-corrected chi connectivity index (χ0v) is 14.7. The Morgan fingerprint density at radius 3 is 2.87 bits per heavy atom. The van der Waals surface area contributed by atoms with Gasteiger partial charge in [0, 0.05) is 38.6 Å². The van der Waals surface area contributed by atoms with Gasteiger partial charge in [0.15, 0.2) is 0 Å². The summed E-state index contributed by atoms with van der Waals surface area (Å²) < 4.78 is 13.4. The van der Waals surface area contributed by atoms with Crippen molar-refractivity contribution in [2.24, 2.45) is 0 Å². The number of benzene rings is 1. The smallest absolute Gasteiger partial charge is 0.219 e. The topological polar surface area (TPSA) is 23.6 Å². The number of halogens is 2. The molecule has 23 heavy (non-hydrogen) atoms. The Morgan fingerprint density at radius 2 is 2.22 bits per heavy atom. The fourth-order valence-electron chi connectivity index (χ4n) is 3.12. The van der Waals surface area contributed by atoms with E-state index in [1.165, 1.54) is 17.7 Å². The number of likely N-dealkylation sites (N-methyl/N-ethyl adjacent to an activating group) is 1. The van der Waals surface area contributed by atoms with Gasteiger partial charge in [0.25, 0.3) is 0 Å². The van der Waals surface area contributed by atoms with Crippen LogP contribution in [0.5, 0.6) is 0 Å². The molecule has 3 nitrogen and oxygen atoms in total. The zero-order valence-electron chi connectivity index (χ0n) is 14.0. The lowest BCUT2D eigenvalue weighted by molar-refractivity contribution is -0.129. The van der Waals surface area contributed by atoms with Gasteiger partial charge in [-0.1, -0.05) is 24.6 Å². The fraction of sp³-hybridized carbons (Fsp3) is 0.500. The van der Waals surface area contributed by atoms with Crippen molar-refractivity contribution in [3.63, 3.8) is 0 Å². The predicted octanol–water partition coefficient (Wildman–Crippen LogP) is 3.87. The molecule has 0 aliphatic carbocycles. The summed E-state index contributed by atoms with van der Waals surface area (Å²) in [6.07, 6.45) is 4.05. The molecule has 1 aliphatic rings. The summed E-state index contributed by atoms with van der Waals surface area (Å²) in [6, 6.07) is 4.60. The molecule has 0 fully saturated rings. The Hall–Kier alpha value is -1.39. The molecule has 2 rings (SSSR count). The highest BCUT2D eigenvalue weighted by atomic mass is 35.5. The first-order chi connectivity index (χ1) is 10.9. The summed E-state index contributed by atoms with van der Waals surface area (Å²) in [5.41, 5.74) is 2.06. The van der Waals surface area contributed by atoms with Crippen molar-refractivity contribution in [2.75, 3.05) is 20.1 Å². The van der Waals surface area contributed by atoms with E-state index in [0.29, 0.717) is 11.6 Å². The Bertz CT molecular complexity index is 603. The van der Waals surface area contributed by atoms with Crippen molar-refractivity contribution < 1.29 is 9.18 Å². The van der Waals surface area contributed by atoms with Crippen LogP contribution in [0.4, 0.5) is 4.39 Å². The SMILES string of the molecule is CC[C@H](C1=CCCN(Cc2cc(F)ccc2Cl)C1)N(C)C(C)=O. The number of rotatable bonds is 5. The van der Waals surface area contributed by atoms with Crippen LogP contribution in [0.15, 0.2) is 29.8 Å². The van der Waals surface area contributed by atoms with Gasteiger partial charge in [-0.25, -0.2) is 4.39 Å². The number of hydrogen-bond acceptors (Lipinski definition) is 2. The number of amides is 1. The molecular formula is C18H24ClFN2O. The summed E-state index contributed by atoms with van der Waals surface area (Å²) >= 11 is 6.17. The normalized spacial score (nSPS) is 16.8. The van der Waals surface area contributed by atoms with Crippen LogP contribution in [0.1, 0.15) is 32.3 Å². The molecule has 0 saturated heterocycles. The molecule has 5 heteroatoms. The van der Waals surface area contributed by atoms with E-state index in [-0.39, 0.29) is 17.8 Å². The molecule has 0 spiro atoms. The Morgan fingerprint density at radius 1 is 1.48 bits per heavy atom. The lowest BCUT2D eigenvalue weighted by Crippen LogP contribution is -2.41. The van der Waals surface area contributed by atoms with Gasteiger partial charge < -0.3 is 4.90 Å². The Labute approximate surface area is 142 Å². The summed E-state index contributed by atoms with van der Waals surface area (Å²) in [5.74, 6) is -0.192. The second kappa shape index (κ2) is 7.93. The predicted molar refractivity (Wildman–Crippen MR) is 91.9 cm³/mol. The van der Waals surface area contributed by atoms with Gasteiger partial charge in [-0.3, -0.25) is 9.69 Å². The van der Waals surface area contributed by atoms with E-state index < -0.39 is 0 Å². The second-order valence-electron chi connectivity index (χ2n) is 6.07. The summed E-state index contributed by atoms with van der Waals surface area (Å²) in [6.45, 7) is 6.00. The van der Waals surface area contributed by atoms with E-state index in [9.17, 15) is 9.18 Å². The Kier molecular flexibility index (Phi) is 6.19. The molecule has 1 aromatic carbocycles. The molecule has 1 atom stereocenters. The minimum absolute atomic E-state index is 0.0723. The van der Waals surface area contributed by atoms with Crippen LogP contribution in [0.2, 0.25) is 5.02 Å². The van der Waals surface area contributed by atoms with Gasteiger partial charge in [-0.05, 0) is 42.2 Å². The molecule has 1 amide bonds. The van der Waals surface area contributed by atoms with Crippen molar-refractivity contribution in [3.8, 4) is 0 Å². The first kappa shape index (κ1) is 18.0. The van der Waals surface area contributed by atoms with Gasteiger partial charge in [-0.15, -0.1) is 0 Å². The number of hydrogen-bond donors (Lipinski definition) is 0. The second-order valence-corrected chi connectivity index (χ2v) is 6.48. The molecule has 1 aromatic rings. The third-order valence-electron chi connectivity index (χ3n) is 4.44. The maximum absolute atomic E-state index is 13.4. The maximum Gasteiger partial charge on any atom is 0.219 e. The van der Waals surface area contributed by atoms with Crippen LogP contribution in [0, 0.1) is 5.82 Å². The molecule has 1 heterocycles. The van der Waals surface area contributed by atoms with Crippen molar-refractivity contribution in [1.29, 1.82) is 0 Å². The standard InChI is InChI=1S/C18H24ClFN2O/c1-4-18(21(3)13(2)23)14-6-5-9-22(11-14)12-15-10-16(20)7-8-17(15)19/h6-8,10,18H,4-5,9,11-12H2,1-3H3/t18-/m1/s1. The number of carbonyl (C=O) groups is 1. The van der Waals surface area contributed by atoms with E-state index in [1.807, 2.05) is 7.05 Å². The third-order valence-corrected chi connectivity index (χ3v) is 4.81. The van der Waals surface area contributed by atoms with Gasteiger partial charge in [-0.2, -0.15) is 0 Å². The molecular weight excluding hydrogens is 315 g/mol. The minimum atomic E-state index is -0.264. The van der Waals surface area contributed by atoms with Crippen LogP contribution >= 0.6 is 11.6 Å². The molecule has 0 N–H and O–H groups in total. The molecule has 126 valence electrons. The van der Waals surface area contributed by atoms with Gasteiger partial charge in [0.05, 0.1) is 6.04 Å². The molecule has 0 aromatic heterocycles. The van der Waals surface area contributed by atoms with E-state index >= 15 is 0 Å². The quantitative estimate of drug-likeness (QED) is 0.761. The monoisotopic (exact) mass is 338 g/mol. The summed E-state index contributed by atoms with van der Waals surface area (Å²) in [4.78, 5) is 15.7. The van der Waals surface area contributed by atoms with Crippen LogP contribution in [0.3, 0.4) is 0 Å². The molecule has 0 bridgehead atoms. The van der Waals surface area contributed by atoms with Crippen LogP contribution in [-0.2, 0) is 11.3 Å². The van der Waals surface area contributed by atoms with Crippen molar-refractivity contribution >= 4 is 17.5 Å². The highest BCUT2D eigenvalue weighted by molar-refractivity contribution is 6.31. The lowest BCUT2D eigenvalue weighted by atomic mass is 9.98. The fourth-order valence-corrected chi connectivity index (χ4v) is 3.30. The number of carbonyl (C=O) groups excluding carboxylic acids is 1. The van der Waals surface area contributed by atoms with E-state index in [4.69, 9.17) is 11.6 Å². The van der Waals surface area contributed by atoms with Crippen LogP contribution in [0.25, 0.3) is 0 Å². The van der Waals surface area contributed by atoms with Crippen molar-refractivity contribution in [3.05, 3.63) is 46.3 Å². The van der Waals surface area contributed by atoms with E-state index in [0.717, 1.165) is 31.5 Å².